The molecule has 7 nitrogen and oxygen atoms in total. The average Bonchev–Trinajstić information content (AvgIpc) is 3.24. The van der Waals surface area contributed by atoms with Gasteiger partial charge in [0.2, 0.25) is 11.8 Å². The van der Waals surface area contributed by atoms with Crippen LogP contribution in [0.2, 0.25) is 0 Å². The number of rotatable bonds is 14. The van der Waals surface area contributed by atoms with Crippen LogP contribution < -0.4 is 9.47 Å². The minimum atomic E-state index is -0.257. The number of methoxy groups -OCH3 is 3. The molecule has 2 rings (SSSR count). The first kappa shape index (κ1) is 27.0. The number of carbonyl (C=O) groups excluding carboxylic acids is 2. The lowest BCUT2D eigenvalue weighted by Gasteiger charge is -2.27. The van der Waals surface area contributed by atoms with E-state index in [1.54, 1.807) is 37.6 Å². The summed E-state index contributed by atoms with van der Waals surface area (Å²) in [6.45, 7) is 3.97. The largest absolute Gasteiger partial charge is 0.493 e. The van der Waals surface area contributed by atoms with E-state index in [2.05, 4.69) is 0 Å². The van der Waals surface area contributed by atoms with E-state index in [0.29, 0.717) is 50.6 Å². The Hall–Kier alpha value is -2.29. The van der Waals surface area contributed by atoms with Crippen molar-refractivity contribution in [3.8, 4) is 11.5 Å². The van der Waals surface area contributed by atoms with Crippen molar-refractivity contribution < 1.29 is 23.8 Å². The van der Waals surface area contributed by atoms with Crippen molar-refractivity contribution >= 4 is 34.8 Å². The molecule has 0 bridgehead atoms. The predicted molar refractivity (Wildman–Crippen MR) is 132 cm³/mol. The molecule has 1 aromatic heterocycles. The molecule has 9 heteroatoms. The monoisotopic (exact) mass is 496 g/mol. The number of benzene rings is 1. The Labute approximate surface area is 205 Å². The Bertz CT molecular complexity index is 905. The smallest absolute Gasteiger partial charge is 0.242 e. The van der Waals surface area contributed by atoms with Crippen LogP contribution >= 0.6 is 22.9 Å². The standard InChI is InChI=1S/C24H33ClN2O5S/c1-18-6-8-20(33-18)16-27(12-10-19-7-9-21(31-3)22(14-19)32-4)24(29)17-26(23(28)15-25)11-5-13-30-2/h6-9,14H,5,10-13,15-17H2,1-4H3. The van der Waals surface area contributed by atoms with Gasteiger partial charge < -0.3 is 24.0 Å². The zero-order chi connectivity index (χ0) is 24.2. The van der Waals surface area contributed by atoms with Gasteiger partial charge >= 0.3 is 0 Å². The van der Waals surface area contributed by atoms with Crippen LogP contribution in [0.15, 0.2) is 30.3 Å². The minimum absolute atomic E-state index is 0.00837. The average molecular weight is 497 g/mol. The second-order valence-corrected chi connectivity index (χ2v) is 9.20. The van der Waals surface area contributed by atoms with E-state index in [1.165, 1.54) is 9.78 Å². The van der Waals surface area contributed by atoms with Crippen LogP contribution in [0.5, 0.6) is 11.5 Å². The van der Waals surface area contributed by atoms with Crippen molar-refractivity contribution in [3.05, 3.63) is 45.6 Å². The van der Waals surface area contributed by atoms with E-state index in [9.17, 15) is 9.59 Å². The normalized spacial score (nSPS) is 10.7. The van der Waals surface area contributed by atoms with Crippen LogP contribution in [0.4, 0.5) is 0 Å². The van der Waals surface area contributed by atoms with E-state index in [0.717, 1.165) is 10.4 Å². The zero-order valence-electron chi connectivity index (χ0n) is 19.8. The maximum Gasteiger partial charge on any atom is 0.242 e. The lowest BCUT2D eigenvalue weighted by molar-refractivity contribution is -0.139. The summed E-state index contributed by atoms with van der Waals surface area (Å²) in [5.41, 5.74) is 1.03. The molecule has 1 aromatic carbocycles. The third-order valence-electron chi connectivity index (χ3n) is 5.18. The van der Waals surface area contributed by atoms with Gasteiger partial charge in [-0.3, -0.25) is 9.59 Å². The maximum atomic E-state index is 13.3. The maximum absolute atomic E-state index is 13.3. The highest BCUT2D eigenvalue weighted by Gasteiger charge is 2.21. The molecule has 33 heavy (non-hydrogen) atoms. The number of carbonyl (C=O) groups is 2. The summed E-state index contributed by atoms with van der Waals surface area (Å²) in [5.74, 6) is 0.786. The van der Waals surface area contributed by atoms with Crippen LogP contribution in [-0.4, -0.2) is 75.1 Å². The molecule has 0 fully saturated rings. The highest BCUT2D eigenvalue weighted by Crippen LogP contribution is 2.28. The van der Waals surface area contributed by atoms with Crippen LogP contribution in [0.25, 0.3) is 0 Å². The fourth-order valence-electron chi connectivity index (χ4n) is 3.39. The molecule has 0 unspecified atom stereocenters. The second kappa shape index (κ2) is 14.1. The van der Waals surface area contributed by atoms with Crippen LogP contribution in [-0.2, 0) is 27.3 Å². The van der Waals surface area contributed by atoms with Crippen molar-refractivity contribution in [1.82, 2.24) is 9.80 Å². The van der Waals surface area contributed by atoms with Crippen molar-refractivity contribution in [3.63, 3.8) is 0 Å². The number of halogens is 1. The third kappa shape index (κ3) is 8.53. The fourth-order valence-corrected chi connectivity index (χ4v) is 4.46. The van der Waals surface area contributed by atoms with Gasteiger partial charge in [-0.15, -0.1) is 22.9 Å². The number of hydrogen-bond acceptors (Lipinski definition) is 6. The molecule has 0 aliphatic carbocycles. The second-order valence-electron chi connectivity index (χ2n) is 7.56. The molecular weight excluding hydrogens is 464 g/mol. The number of hydrogen-bond donors (Lipinski definition) is 0. The minimum Gasteiger partial charge on any atom is -0.493 e. The van der Waals surface area contributed by atoms with E-state index < -0.39 is 0 Å². The molecule has 0 spiro atoms. The van der Waals surface area contributed by atoms with E-state index >= 15 is 0 Å². The van der Waals surface area contributed by atoms with Crippen LogP contribution in [0.1, 0.15) is 21.7 Å². The summed E-state index contributed by atoms with van der Waals surface area (Å²) in [4.78, 5) is 31.2. The molecule has 0 saturated carbocycles. The molecule has 0 atom stereocenters. The number of nitrogens with zero attached hydrogens (tertiary/aromatic N) is 2. The van der Waals surface area contributed by atoms with Gasteiger partial charge in [0.15, 0.2) is 11.5 Å². The lowest BCUT2D eigenvalue weighted by atomic mass is 10.1. The van der Waals surface area contributed by atoms with Gasteiger partial charge in [-0.05, 0) is 49.6 Å². The third-order valence-corrected chi connectivity index (χ3v) is 6.40. The number of ether oxygens (including phenoxy) is 3. The molecule has 2 aromatic rings. The fraction of sp³-hybridized carbons (Fsp3) is 0.500. The summed E-state index contributed by atoms with van der Waals surface area (Å²) in [7, 11) is 4.81. The SMILES string of the molecule is COCCCN(CC(=O)N(CCc1ccc(OC)c(OC)c1)Cc1ccc(C)s1)C(=O)CCl. The van der Waals surface area contributed by atoms with Crippen molar-refractivity contribution in [2.24, 2.45) is 0 Å². The molecule has 0 saturated heterocycles. The van der Waals surface area contributed by atoms with E-state index in [4.69, 9.17) is 25.8 Å². The Balaban J connectivity index is 2.14. The van der Waals surface area contributed by atoms with E-state index in [-0.39, 0.29) is 24.2 Å². The zero-order valence-corrected chi connectivity index (χ0v) is 21.3. The quantitative estimate of drug-likeness (QED) is 0.294. The van der Waals surface area contributed by atoms with Crippen molar-refractivity contribution in [2.75, 3.05) is 53.5 Å². The first-order chi connectivity index (χ1) is 15.9. The summed E-state index contributed by atoms with van der Waals surface area (Å²) in [5, 5.41) is 0. The lowest BCUT2D eigenvalue weighted by Crippen LogP contribution is -2.44. The number of alkyl halides is 1. The summed E-state index contributed by atoms with van der Waals surface area (Å²) >= 11 is 7.45. The van der Waals surface area contributed by atoms with Gasteiger partial charge in [0.1, 0.15) is 5.88 Å². The van der Waals surface area contributed by atoms with Gasteiger partial charge in [0, 0.05) is 36.6 Å². The van der Waals surface area contributed by atoms with Gasteiger partial charge in [0.25, 0.3) is 0 Å². The molecule has 0 aliphatic heterocycles. The van der Waals surface area contributed by atoms with Gasteiger partial charge in [-0.1, -0.05) is 6.07 Å². The van der Waals surface area contributed by atoms with Crippen molar-refractivity contribution in [2.45, 2.75) is 26.3 Å². The van der Waals surface area contributed by atoms with Gasteiger partial charge in [-0.2, -0.15) is 0 Å². The highest BCUT2D eigenvalue weighted by molar-refractivity contribution is 7.11. The first-order valence-corrected chi connectivity index (χ1v) is 12.1. The highest BCUT2D eigenvalue weighted by atomic mass is 35.5. The Morgan fingerprint density at radius 2 is 1.73 bits per heavy atom. The summed E-state index contributed by atoms with van der Waals surface area (Å²) in [6.07, 6.45) is 1.28. The first-order valence-electron chi connectivity index (χ1n) is 10.8. The molecular formula is C24H33ClN2O5S. The molecule has 182 valence electrons. The molecule has 2 amide bonds. The van der Waals surface area contributed by atoms with Gasteiger partial charge in [0.05, 0.1) is 27.3 Å². The van der Waals surface area contributed by atoms with Crippen molar-refractivity contribution in [1.29, 1.82) is 0 Å². The Morgan fingerprint density at radius 1 is 0.970 bits per heavy atom. The molecule has 1 heterocycles. The number of amides is 2. The molecule has 0 aliphatic rings. The topological polar surface area (TPSA) is 68.3 Å². The summed E-state index contributed by atoms with van der Waals surface area (Å²) < 4.78 is 15.8. The van der Waals surface area contributed by atoms with Crippen LogP contribution in [0, 0.1) is 6.92 Å². The Kier molecular flexibility index (Phi) is 11.5. The summed E-state index contributed by atoms with van der Waals surface area (Å²) in [6, 6.07) is 9.83. The number of thiophene rings is 1. The number of aryl methyl sites for hydroxylation is 1. The Morgan fingerprint density at radius 3 is 2.33 bits per heavy atom. The predicted octanol–water partition coefficient (Wildman–Crippen LogP) is 3.75. The molecule has 0 N–H and O–H groups in total. The van der Waals surface area contributed by atoms with E-state index in [1.807, 2.05) is 37.3 Å². The van der Waals surface area contributed by atoms with Crippen LogP contribution in [0.3, 0.4) is 0 Å². The van der Waals surface area contributed by atoms with Gasteiger partial charge in [-0.25, -0.2) is 0 Å². The molecule has 0 radical (unpaired) electrons.